The van der Waals surface area contributed by atoms with Crippen LogP contribution in [0.2, 0.25) is 5.02 Å². The Labute approximate surface area is 147 Å². The highest BCUT2D eigenvalue weighted by molar-refractivity contribution is 7.99. The molecule has 0 radical (unpaired) electrons. The number of nitrogens with zero attached hydrogens (tertiary/aromatic N) is 4. The van der Waals surface area contributed by atoms with E-state index >= 15 is 0 Å². The van der Waals surface area contributed by atoms with Crippen molar-refractivity contribution in [3.8, 4) is 0 Å². The quantitative estimate of drug-likeness (QED) is 0.589. The maximum Gasteiger partial charge on any atom is 0.167 e. The average Bonchev–Trinajstić information content (AvgIpc) is 2.97. The average molecular weight is 351 g/mol. The number of hydrogen-bond donors (Lipinski definition) is 0. The Balaban J connectivity index is 1.37. The second-order valence-electron chi connectivity index (χ2n) is 5.83. The van der Waals surface area contributed by atoms with Crippen molar-refractivity contribution < 1.29 is 0 Å². The van der Waals surface area contributed by atoms with E-state index in [1.807, 2.05) is 43.3 Å². The number of thioether (sulfide) groups is 1. The van der Waals surface area contributed by atoms with Crippen molar-refractivity contribution in [1.29, 1.82) is 0 Å². The van der Waals surface area contributed by atoms with E-state index in [1.54, 1.807) is 0 Å². The fourth-order valence-corrected chi connectivity index (χ4v) is 3.89. The Morgan fingerprint density at radius 1 is 1.22 bits per heavy atom. The first kappa shape index (κ1) is 16.7. The summed E-state index contributed by atoms with van der Waals surface area (Å²) in [4.78, 5) is 9.32. The molecule has 2 heterocycles. The molecule has 2 aromatic rings. The van der Waals surface area contributed by atoms with E-state index in [0.29, 0.717) is 0 Å². The maximum absolute atomic E-state index is 6.08. The molecule has 124 valence electrons. The van der Waals surface area contributed by atoms with Crippen LogP contribution in [0, 0.1) is 0 Å². The second kappa shape index (κ2) is 8.08. The zero-order valence-electron chi connectivity index (χ0n) is 13.5. The Morgan fingerprint density at radius 2 is 2.04 bits per heavy atom. The topological polar surface area (TPSA) is 24.3 Å². The Kier molecular flexibility index (Phi) is 5.86. The predicted octanol–water partition coefficient (Wildman–Crippen LogP) is 3.38. The zero-order valence-corrected chi connectivity index (χ0v) is 15.1. The number of anilines is 1. The molecule has 6 heteroatoms. The van der Waals surface area contributed by atoms with E-state index in [1.165, 1.54) is 18.7 Å². The Bertz CT molecular complexity index is 623. The minimum Gasteiger partial charge on any atom is -0.369 e. The number of halogens is 1. The van der Waals surface area contributed by atoms with Crippen LogP contribution in [0.1, 0.15) is 6.42 Å². The molecule has 23 heavy (non-hydrogen) atoms. The fraction of sp³-hybridized carbons (Fsp3) is 0.471. The molecule has 4 nitrogen and oxygen atoms in total. The van der Waals surface area contributed by atoms with Crippen LogP contribution in [0.15, 0.2) is 41.8 Å². The highest BCUT2D eigenvalue weighted by Gasteiger charge is 2.16. The molecule has 1 aliphatic rings. The van der Waals surface area contributed by atoms with Gasteiger partial charge in [-0.3, -0.25) is 4.90 Å². The standard InChI is InChI=1S/C17H23ClN4S/c1-20-8-6-19-17(20)23-13-3-7-21-9-11-22(12-10-21)16-5-2-4-15(18)14-16/h2,4-6,8,14H,3,7,9-13H2,1H3. The van der Waals surface area contributed by atoms with E-state index in [2.05, 4.69) is 31.5 Å². The summed E-state index contributed by atoms with van der Waals surface area (Å²) in [5.74, 6) is 1.12. The van der Waals surface area contributed by atoms with E-state index < -0.39 is 0 Å². The molecule has 0 N–H and O–H groups in total. The first-order valence-corrected chi connectivity index (χ1v) is 9.42. The SMILES string of the molecule is Cn1ccnc1SCCCN1CCN(c2cccc(Cl)c2)CC1. The van der Waals surface area contributed by atoms with Crippen molar-refractivity contribution in [1.82, 2.24) is 14.5 Å². The van der Waals surface area contributed by atoms with Gasteiger partial charge in [0, 0.05) is 62.1 Å². The zero-order chi connectivity index (χ0) is 16.1. The molecular weight excluding hydrogens is 328 g/mol. The highest BCUT2D eigenvalue weighted by Crippen LogP contribution is 2.21. The summed E-state index contributed by atoms with van der Waals surface area (Å²) in [7, 11) is 2.05. The van der Waals surface area contributed by atoms with Crippen molar-refractivity contribution in [2.24, 2.45) is 7.05 Å². The summed E-state index contributed by atoms with van der Waals surface area (Å²) < 4.78 is 2.08. The Morgan fingerprint density at radius 3 is 2.74 bits per heavy atom. The van der Waals surface area contributed by atoms with Gasteiger partial charge < -0.3 is 9.47 Å². The summed E-state index contributed by atoms with van der Waals surface area (Å²) in [5.41, 5.74) is 1.24. The number of aryl methyl sites for hydroxylation is 1. The number of benzene rings is 1. The van der Waals surface area contributed by atoms with Gasteiger partial charge in [-0.25, -0.2) is 4.98 Å². The predicted molar refractivity (Wildman–Crippen MR) is 98.7 cm³/mol. The molecule has 1 aromatic carbocycles. The summed E-state index contributed by atoms with van der Waals surface area (Å²) in [6, 6.07) is 8.16. The second-order valence-corrected chi connectivity index (χ2v) is 7.33. The largest absolute Gasteiger partial charge is 0.369 e. The van der Waals surface area contributed by atoms with Crippen LogP contribution in [0.5, 0.6) is 0 Å². The van der Waals surface area contributed by atoms with Crippen LogP contribution < -0.4 is 4.90 Å². The van der Waals surface area contributed by atoms with Gasteiger partial charge in [0.05, 0.1) is 0 Å². The summed E-state index contributed by atoms with van der Waals surface area (Å²) >= 11 is 7.93. The number of rotatable bonds is 6. The number of hydrogen-bond acceptors (Lipinski definition) is 4. The van der Waals surface area contributed by atoms with Crippen molar-refractivity contribution in [3.05, 3.63) is 41.7 Å². The van der Waals surface area contributed by atoms with Crippen molar-refractivity contribution >= 4 is 29.1 Å². The third kappa shape index (κ3) is 4.66. The van der Waals surface area contributed by atoms with Crippen LogP contribution in [0.25, 0.3) is 0 Å². The van der Waals surface area contributed by atoms with Crippen molar-refractivity contribution in [3.63, 3.8) is 0 Å². The molecule has 0 aliphatic carbocycles. The van der Waals surface area contributed by atoms with Crippen molar-refractivity contribution in [2.45, 2.75) is 11.6 Å². The van der Waals surface area contributed by atoms with Crippen LogP contribution in [-0.4, -0.2) is 52.9 Å². The van der Waals surface area contributed by atoms with Gasteiger partial charge in [0.2, 0.25) is 0 Å². The van der Waals surface area contributed by atoms with Gasteiger partial charge in [0.1, 0.15) is 0 Å². The minimum atomic E-state index is 0.816. The van der Waals surface area contributed by atoms with Crippen molar-refractivity contribution in [2.75, 3.05) is 43.4 Å². The van der Waals surface area contributed by atoms with Crippen LogP contribution in [-0.2, 0) is 7.05 Å². The van der Waals surface area contributed by atoms with Gasteiger partial charge in [0.15, 0.2) is 5.16 Å². The van der Waals surface area contributed by atoms with Crippen LogP contribution in [0.3, 0.4) is 0 Å². The first-order chi connectivity index (χ1) is 11.2. The van der Waals surface area contributed by atoms with Crippen LogP contribution >= 0.6 is 23.4 Å². The number of piperazine rings is 1. The lowest BCUT2D eigenvalue weighted by atomic mass is 10.2. The minimum absolute atomic E-state index is 0.816. The molecule has 0 saturated carbocycles. The molecule has 1 aliphatic heterocycles. The summed E-state index contributed by atoms with van der Waals surface area (Å²) in [5, 5.41) is 1.92. The van der Waals surface area contributed by atoms with Gasteiger partial charge >= 0.3 is 0 Å². The maximum atomic E-state index is 6.08. The molecule has 0 unspecified atom stereocenters. The third-order valence-corrected chi connectivity index (χ3v) is 5.55. The molecule has 0 atom stereocenters. The fourth-order valence-electron chi connectivity index (χ4n) is 2.85. The smallest absolute Gasteiger partial charge is 0.167 e. The number of aromatic nitrogens is 2. The van der Waals surface area contributed by atoms with Gasteiger partial charge in [-0.05, 0) is 31.2 Å². The van der Waals surface area contributed by atoms with E-state index in [9.17, 15) is 0 Å². The lowest BCUT2D eigenvalue weighted by molar-refractivity contribution is 0.259. The highest BCUT2D eigenvalue weighted by atomic mass is 35.5. The summed E-state index contributed by atoms with van der Waals surface area (Å²) in [6.07, 6.45) is 5.06. The molecule has 1 aromatic heterocycles. The van der Waals surface area contributed by atoms with E-state index in [0.717, 1.165) is 42.1 Å². The molecule has 1 saturated heterocycles. The van der Waals surface area contributed by atoms with Gasteiger partial charge in [-0.1, -0.05) is 29.4 Å². The van der Waals surface area contributed by atoms with Gasteiger partial charge in [-0.2, -0.15) is 0 Å². The van der Waals surface area contributed by atoms with Crippen LogP contribution in [0.4, 0.5) is 5.69 Å². The molecule has 1 fully saturated rings. The lowest BCUT2D eigenvalue weighted by Gasteiger charge is -2.36. The monoisotopic (exact) mass is 350 g/mol. The summed E-state index contributed by atoms with van der Waals surface area (Å²) in [6.45, 7) is 5.57. The normalized spacial score (nSPS) is 16.0. The molecular formula is C17H23ClN4S. The first-order valence-electron chi connectivity index (χ1n) is 8.05. The number of imidazole rings is 1. The lowest BCUT2D eigenvalue weighted by Crippen LogP contribution is -2.46. The molecule has 3 rings (SSSR count). The van der Waals surface area contributed by atoms with Gasteiger partial charge in [-0.15, -0.1) is 0 Å². The molecule has 0 spiro atoms. The molecule has 0 amide bonds. The van der Waals surface area contributed by atoms with E-state index in [4.69, 9.17) is 11.6 Å². The molecule has 0 bridgehead atoms. The third-order valence-electron chi connectivity index (χ3n) is 4.17. The van der Waals surface area contributed by atoms with E-state index in [-0.39, 0.29) is 0 Å². The Hall–Kier alpha value is -1.17. The van der Waals surface area contributed by atoms with Gasteiger partial charge in [0.25, 0.3) is 0 Å².